The number of ether oxygens (including phenoxy) is 1. The van der Waals surface area contributed by atoms with E-state index >= 15 is 0 Å². The van der Waals surface area contributed by atoms with E-state index in [0.29, 0.717) is 0 Å². The van der Waals surface area contributed by atoms with Gasteiger partial charge in [0.1, 0.15) is 17.7 Å². The Morgan fingerprint density at radius 3 is 2.43 bits per heavy atom. The van der Waals surface area contributed by atoms with Crippen molar-refractivity contribution in [1.29, 1.82) is 0 Å². The first-order chi connectivity index (χ1) is 17.2. The zero-order chi connectivity index (χ0) is 27.5. The Kier molecular flexibility index (Phi) is 8.59. The van der Waals surface area contributed by atoms with Gasteiger partial charge in [0.2, 0.25) is 11.8 Å². The summed E-state index contributed by atoms with van der Waals surface area (Å²) in [6, 6.07) is 1.96. The SMILES string of the molecule is Cc1ncsc1-c1ccc(CNC(=O)[C@@H]2C[C@@H](O)CN2C(=O)[C@@H](NC(=O)OC(C)(C)C)C(C)(C)C)cn1. The van der Waals surface area contributed by atoms with Crippen molar-refractivity contribution >= 4 is 29.2 Å². The van der Waals surface area contributed by atoms with Crippen molar-refractivity contribution in [2.24, 2.45) is 5.41 Å². The summed E-state index contributed by atoms with van der Waals surface area (Å²) in [4.78, 5) is 50.2. The van der Waals surface area contributed by atoms with E-state index in [2.05, 4.69) is 20.6 Å². The number of nitrogens with zero attached hydrogens (tertiary/aromatic N) is 3. The Morgan fingerprint density at radius 2 is 1.89 bits per heavy atom. The highest BCUT2D eigenvalue weighted by Gasteiger charge is 2.44. The first kappa shape index (κ1) is 28.5. The number of thiazole rings is 1. The van der Waals surface area contributed by atoms with Crippen LogP contribution in [0.25, 0.3) is 10.6 Å². The van der Waals surface area contributed by atoms with Crippen molar-refractivity contribution in [2.45, 2.75) is 85.2 Å². The third-order valence-electron chi connectivity index (χ3n) is 5.91. The number of aryl methyl sites for hydroxylation is 1. The summed E-state index contributed by atoms with van der Waals surface area (Å²) in [6.07, 6.45) is 0.251. The van der Waals surface area contributed by atoms with Crippen molar-refractivity contribution in [3.63, 3.8) is 0 Å². The van der Waals surface area contributed by atoms with E-state index < -0.39 is 41.2 Å². The molecule has 1 aliphatic heterocycles. The van der Waals surface area contributed by atoms with Crippen LogP contribution in [-0.4, -0.2) is 68.2 Å². The molecule has 2 aromatic rings. The van der Waals surface area contributed by atoms with Gasteiger partial charge in [0.15, 0.2) is 0 Å². The average Bonchev–Trinajstić information content (AvgIpc) is 3.39. The molecule has 1 aliphatic rings. The number of aliphatic hydroxyl groups excluding tert-OH is 1. The number of alkyl carbamates (subject to hydrolysis) is 1. The predicted molar refractivity (Wildman–Crippen MR) is 141 cm³/mol. The maximum absolute atomic E-state index is 13.6. The topological polar surface area (TPSA) is 134 Å². The molecule has 3 rings (SSSR count). The van der Waals surface area contributed by atoms with Crippen LogP contribution in [0.5, 0.6) is 0 Å². The van der Waals surface area contributed by atoms with E-state index in [9.17, 15) is 19.5 Å². The van der Waals surface area contributed by atoms with E-state index in [1.807, 2.05) is 39.8 Å². The fourth-order valence-corrected chi connectivity index (χ4v) is 4.84. The normalized spacial score (nSPS) is 18.9. The Morgan fingerprint density at radius 1 is 1.19 bits per heavy atom. The van der Waals surface area contributed by atoms with Crippen LogP contribution in [0.15, 0.2) is 23.8 Å². The van der Waals surface area contributed by atoms with Gasteiger partial charge in [-0.25, -0.2) is 9.78 Å². The van der Waals surface area contributed by atoms with Crippen LogP contribution in [-0.2, 0) is 20.9 Å². The number of hydrogen-bond acceptors (Lipinski definition) is 8. The number of hydrogen-bond donors (Lipinski definition) is 3. The maximum Gasteiger partial charge on any atom is 0.408 e. The summed E-state index contributed by atoms with van der Waals surface area (Å²) < 4.78 is 5.34. The zero-order valence-corrected chi connectivity index (χ0v) is 23.3. The van der Waals surface area contributed by atoms with Crippen LogP contribution in [0.4, 0.5) is 4.79 Å². The number of pyridine rings is 1. The van der Waals surface area contributed by atoms with Gasteiger partial charge in [0.25, 0.3) is 0 Å². The number of rotatable bonds is 6. The van der Waals surface area contributed by atoms with E-state index in [-0.39, 0.29) is 25.4 Å². The molecule has 0 spiro atoms. The van der Waals surface area contributed by atoms with E-state index in [1.54, 1.807) is 32.5 Å². The fourth-order valence-electron chi connectivity index (χ4n) is 4.06. The second-order valence-electron chi connectivity index (χ2n) is 11.4. The highest BCUT2D eigenvalue weighted by Crippen LogP contribution is 2.27. The van der Waals surface area contributed by atoms with E-state index in [0.717, 1.165) is 21.8 Å². The molecule has 3 amide bonds. The molecule has 1 fully saturated rings. The molecule has 3 heterocycles. The summed E-state index contributed by atoms with van der Waals surface area (Å²) in [5.74, 6) is -0.821. The number of nitrogens with one attached hydrogen (secondary N) is 2. The van der Waals surface area contributed by atoms with Gasteiger partial charge in [0.05, 0.1) is 27.9 Å². The van der Waals surface area contributed by atoms with Gasteiger partial charge in [-0.05, 0) is 44.7 Å². The lowest BCUT2D eigenvalue weighted by Gasteiger charge is -2.35. The van der Waals surface area contributed by atoms with Crippen LogP contribution in [0.3, 0.4) is 0 Å². The van der Waals surface area contributed by atoms with Crippen LogP contribution in [0, 0.1) is 12.3 Å². The van der Waals surface area contributed by atoms with E-state index in [1.165, 1.54) is 16.2 Å². The molecule has 11 heteroatoms. The van der Waals surface area contributed by atoms with Crippen LogP contribution in [0.2, 0.25) is 0 Å². The smallest absolute Gasteiger partial charge is 0.408 e. The lowest BCUT2D eigenvalue weighted by molar-refractivity contribution is -0.142. The standard InChI is InChI=1S/C26H37N5O5S/c1-15-20(37-14-29-15)18-9-8-16(11-27-18)12-28-22(33)19-10-17(32)13-31(19)23(34)21(25(2,3)4)30-24(35)36-26(5,6)7/h8-9,11,14,17,19,21,32H,10,12-13H2,1-7H3,(H,28,33)(H,30,35)/t17-,19+,21-/m1/s1. The molecular formula is C26H37N5O5S. The Labute approximate surface area is 221 Å². The molecule has 10 nitrogen and oxygen atoms in total. The molecule has 3 atom stereocenters. The molecule has 0 aromatic carbocycles. The van der Waals surface area contributed by atoms with Crippen molar-refractivity contribution in [3.8, 4) is 10.6 Å². The third kappa shape index (κ3) is 7.48. The molecule has 0 unspecified atom stereocenters. The van der Waals surface area contributed by atoms with Crippen molar-refractivity contribution < 1.29 is 24.2 Å². The van der Waals surface area contributed by atoms with Gasteiger partial charge in [-0.3, -0.25) is 14.6 Å². The molecule has 0 bridgehead atoms. The Balaban J connectivity index is 1.68. The van der Waals surface area contributed by atoms with Gasteiger partial charge in [-0.1, -0.05) is 26.8 Å². The van der Waals surface area contributed by atoms with Gasteiger partial charge in [-0.15, -0.1) is 11.3 Å². The molecule has 3 N–H and O–H groups in total. The molecular weight excluding hydrogens is 494 g/mol. The van der Waals surface area contributed by atoms with Crippen LogP contribution >= 0.6 is 11.3 Å². The summed E-state index contributed by atoms with van der Waals surface area (Å²) in [5, 5.41) is 15.8. The Hall–Kier alpha value is -3.05. The molecule has 2 aromatic heterocycles. The minimum atomic E-state index is -0.949. The quantitative estimate of drug-likeness (QED) is 0.522. The van der Waals surface area contributed by atoms with Crippen LogP contribution in [0.1, 0.15) is 59.2 Å². The number of carbonyl (C=O) groups is 3. The monoisotopic (exact) mass is 531 g/mol. The molecule has 202 valence electrons. The van der Waals surface area contributed by atoms with Gasteiger partial charge < -0.3 is 25.4 Å². The second-order valence-corrected chi connectivity index (χ2v) is 12.2. The van der Waals surface area contributed by atoms with Gasteiger partial charge in [-0.2, -0.15) is 0 Å². The number of aromatic nitrogens is 2. The molecule has 37 heavy (non-hydrogen) atoms. The minimum absolute atomic E-state index is 0.00392. The fraction of sp³-hybridized carbons (Fsp3) is 0.577. The number of aliphatic hydroxyl groups is 1. The molecule has 0 saturated carbocycles. The first-order valence-electron chi connectivity index (χ1n) is 12.3. The lowest BCUT2D eigenvalue weighted by Crippen LogP contribution is -2.58. The summed E-state index contributed by atoms with van der Waals surface area (Å²) >= 11 is 1.52. The average molecular weight is 532 g/mol. The summed E-state index contributed by atoms with van der Waals surface area (Å²) in [5.41, 5.74) is 2.92. The van der Waals surface area contributed by atoms with E-state index in [4.69, 9.17) is 4.74 Å². The molecule has 0 aliphatic carbocycles. The highest BCUT2D eigenvalue weighted by molar-refractivity contribution is 7.13. The third-order valence-corrected chi connectivity index (χ3v) is 6.86. The first-order valence-corrected chi connectivity index (χ1v) is 13.1. The van der Waals surface area contributed by atoms with Gasteiger partial charge in [0, 0.05) is 25.7 Å². The number of amides is 3. The summed E-state index contributed by atoms with van der Waals surface area (Å²) in [6.45, 7) is 12.8. The number of β-amino-alcohol motifs (C(OH)–C–C–N with tert-alkyl or cyclic N) is 1. The largest absolute Gasteiger partial charge is 0.444 e. The summed E-state index contributed by atoms with van der Waals surface area (Å²) in [7, 11) is 0. The highest BCUT2D eigenvalue weighted by atomic mass is 32.1. The second kappa shape index (κ2) is 11.1. The van der Waals surface area contributed by atoms with Crippen molar-refractivity contribution in [1.82, 2.24) is 25.5 Å². The van der Waals surface area contributed by atoms with Crippen LogP contribution < -0.4 is 10.6 Å². The minimum Gasteiger partial charge on any atom is -0.444 e. The maximum atomic E-state index is 13.6. The lowest BCUT2D eigenvalue weighted by atomic mass is 9.85. The zero-order valence-electron chi connectivity index (χ0n) is 22.5. The molecule has 0 radical (unpaired) electrons. The number of carbonyl (C=O) groups excluding carboxylic acids is 3. The van der Waals surface area contributed by atoms with Crippen molar-refractivity contribution in [3.05, 3.63) is 35.1 Å². The van der Waals surface area contributed by atoms with Crippen molar-refractivity contribution in [2.75, 3.05) is 6.54 Å². The predicted octanol–water partition coefficient (Wildman–Crippen LogP) is 3.03. The Bertz CT molecular complexity index is 1120. The number of likely N-dealkylation sites (tertiary alicyclic amines) is 1. The van der Waals surface area contributed by atoms with Gasteiger partial charge >= 0.3 is 6.09 Å². The molecule has 1 saturated heterocycles.